The van der Waals surface area contributed by atoms with Gasteiger partial charge < -0.3 is 21.7 Å². The number of aliphatic hydroxyl groups excluding tert-OH is 2. The number of nitrogen functional groups attached to an aromatic ring is 2. The van der Waals surface area contributed by atoms with Crippen molar-refractivity contribution in [1.82, 2.24) is 0 Å². The van der Waals surface area contributed by atoms with E-state index in [4.69, 9.17) is 11.5 Å². The van der Waals surface area contributed by atoms with E-state index >= 15 is 0 Å². The first-order chi connectivity index (χ1) is 21.6. The van der Waals surface area contributed by atoms with Gasteiger partial charge in [-0.25, -0.2) is 0 Å². The van der Waals surface area contributed by atoms with Gasteiger partial charge in [0.1, 0.15) is 0 Å². The molecule has 0 saturated heterocycles. The largest absolute Gasteiger partial charge is 0.398 e. The third kappa shape index (κ3) is 5.37. The fourth-order valence-electron chi connectivity index (χ4n) is 6.37. The predicted molar refractivity (Wildman–Crippen MR) is 184 cm³/mol. The summed E-state index contributed by atoms with van der Waals surface area (Å²) in [6.07, 6.45) is 0.798. The molecule has 0 spiro atoms. The second-order valence-electron chi connectivity index (χ2n) is 10.9. The summed E-state index contributed by atoms with van der Waals surface area (Å²) >= 11 is 0. The summed E-state index contributed by atoms with van der Waals surface area (Å²) in [4.78, 5) is 0. The van der Waals surface area contributed by atoms with Crippen LogP contribution in [0.2, 0.25) is 0 Å². The molecule has 0 radical (unpaired) electrons. The molecule has 6 aromatic rings. The smallest absolute Gasteiger partial charge is 0.0472 e. The summed E-state index contributed by atoms with van der Waals surface area (Å²) in [6.45, 7) is -0.0806. The maximum absolute atomic E-state index is 10.4. The minimum absolute atomic E-state index is 0.0304. The third-order valence-electron chi connectivity index (χ3n) is 8.24. The number of hydrogen-bond donors (Lipinski definition) is 4. The highest BCUT2D eigenvalue weighted by molar-refractivity contribution is 6.10. The van der Waals surface area contributed by atoms with Crippen molar-refractivity contribution in [3.63, 3.8) is 0 Å². The highest BCUT2D eigenvalue weighted by Gasteiger charge is 2.28. The summed E-state index contributed by atoms with van der Waals surface area (Å²) in [5.74, 6) is 0. The van der Waals surface area contributed by atoms with Crippen LogP contribution in [-0.2, 0) is 12.8 Å². The van der Waals surface area contributed by atoms with Crippen LogP contribution in [0.1, 0.15) is 11.1 Å². The lowest BCUT2D eigenvalue weighted by atomic mass is 9.76. The summed E-state index contributed by atoms with van der Waals surface area (Å²) in [6, 6.07) is 45.1. The van der Waals surface area contributed by atoms with Gasteiger partial charge in [0, 0.05) is 35.7 Å². The highest BCUT2D eigenvalue weighted by Crippen LogP contribution is 2.53. The van der Waals surface area contributed by atoms with Gasteiger partial charge in [-0.15, -0.1) is 0 Å². The zero-order valence-electron chi connectivity index (χ0n) is 24.6. The molecule has 0 amide bonds. The van der Waals surface area contributed by atoms with Crippen LogP contribution in [0.15, 0.2) is 133 Å². The molecule has 6 N–H and O–H groups in total. The van der Waals surface area contributed by atoms with E-state index in [1.165, 1.54) is 0 Å². The van der Waals surface area contributed by atoms with Crippen LogP contribution in [0, 0.1) is 0 Å². The Hall–Kier alpha value is -5.16. The van der Waals surface area contributed by atoms with Crippen molar-refractivity contribution in [3.05, 3.63) is 145 Å². The minimum Gasteiger partial charge on any atom is -0.398 e. The van der Waals surface area contributed by atoms with Crippen molar-refractivity contribution in [3.8, 4) is 55.6 Å². The molecule has 0 aliphatic heterocycles. The fourth-order valence-corrected chi connectivity index (χ4v) is 6.37. The van der Waals surface area contributed by atoms with Gasteiger partial charge >= 0.3 is 0 Å². The topological polar surface area (TPSA) is 92.5 Å². The Labute approximate surface area is 258 Å². The second-order valence-corrected chi connectivity index (χ2v) is 10.9. The van der Waals surface area contributed by atoms with Gasteiger partial charge in [0.15, 0.2) is 0 Å². The van der Waals surface area contributed by atoms with Crippen molar-refractivity contribution in [2.45, 2.75) is 12.8 Å². The first-order valence-corrected chi connectivity index (χ1v) is 15.0. The number of rotatable bonds is 9. The van der Waals surface area contributed by atoms with E-state index in [1.807, 2.05) is 78.9 Å². The van der Waals surface area contributed by atoms with Crippen LogP contribution in [0.4, 0.5) is 11.4 Å². The molecule has 0 aliphatic carbocycles. The second kappa shape index (κ2) is 13.0. The molecule has 4 heteroatoms. The molecule has 6 aromatic carbocycles. The Morgan fingerprint density at radius 2 is 0.795 bits per heavy atom. The van der Waals surface area contributed by atoms with Gasteiger partial charge in [0.05, 0.1) is 0 Å². The van der Waals surface area contributed by atoms with Gasteiger partial charge in [-0.05, 0) is 74.5 Å². The van der Waals surface area contributed by atoms with Crippen LogP contribution in [0.5, 0.6) is 0 Å². The maximum Gasteiger partial charge on any atom is 0.0472 e. The molecule has 0 unspecified atom stereocenters. The molecular weight excluding hydrogens is 540 g/mol. The molecule has 44 heavy (non-hydrogen) atoms. The van der Waals surface area contributed by atoms with Crippen molar-refractivity contribution in [2.75, 3.05) is 24.7 Å². The van der Waals surface area contributed by atoms with E-state index < -0.39 is 0 Å². The molecule has 0 saturated carbocycles. The SMILES string of the molecule is Nc1ccc(-c2c(-c3ccccc3)c(CCO)c(N)c(-c3ccccc3)c2-c2ccccc2)c(-c2ccccc2)c1CCO. The number of nitrogens with two attached hydrogens (primary N) is 2. The lowest BCUT2D eigenvalue weighted by Gasteiger charge is -2.28. The summed E-state index contributed by atoms with van der Waals surface area (Å²) < 4.78 is 0. The zero-order valence-corrected chi connectivity index (χ0v) is 24.6. The monoisotopic (exact) mass is 576 g/mol. The lowest BCUT2D eigenvalue weighted by molar-refractivity contribution is 0.299. The number of benzene rings is 6. The molecule has 0 aliphatic rings. The third-order valence-corrected chi connectivity index (χ3v) is 8.24. The number of aliphatic hydroxyl groups is 2. The van der Waals surface area contributed by atoms with Gasteiger partial charge in [-0.2, -0.15) is 0 Å². The predicted octanol–water partition coefficient (Wildman–Crippen LogP) is 8.26. The van der Waals surface area contributed by atoms with Crippen molar-refractivity contribution in [1.29, 1.82) is 0 Å². The van der Waals surface area contributed by atoms with Gasteiger partial charge in [-0.1, -0.05) is 127 Å². The van der Waals surface area contributed by atoms with Crippen molar-refractivity contribution < 1.29 is 10.2 Å². The average Bonchev–Trinajstić information content (AvgIpc) is 3.08. The molecule has 0 aromatic heterocycles. The van der Waals surface area contributed by atoms with Crippen LogP contribution in [0.25, 0.3) is 55.6 Å². The van der Waals surface area contributed by atoms with E-state index in [-0.39, 0.29) is 13.2 Å². The Balaban J connectivity index is 1.90. The zero-order chi connectivity index (χ0) is 30.5. The molecule has 0 heterocycles. The Morgan fingerprint density at radius 3 is 1.27 bits per heavy atom. The number of anilines is 2. The standard InChI is InChI=1S/C40H36N2O2/c41-34-22-21-32(35(31(34)23-25-43)27-13-5-1-6-14-27)39-36(28-15-7-2-8-16-28)33(24-26-44)40(42)38(30-19-11-4-12-20-30)37(39)29-17-9-3-10-18-29/h1-22,43-44H,23-26,41-42H2. The first kappa shape index (κ1) is 28.9. The summed E-state index contributed by atoms with van der Waals surface area (Å²) in [5.41, 5.74) is 26.9. The lowest BCUT2D eigenvalue weighted by Crippen LogP contribution is -2.09. The summed E-state index contributed by atoms with van der Waals surface area (Å²) in [5, 5.41) is 20.6. The quantitative estimate of drug-likeness (QED) is 0.130. The van der Waals surface area contributed by atoms with E-state index in [0.717, 1.165) is 66.8 Å². The summed E-state index contributed by atoms with van der Waals surface area (Å²) in [7, 11) is 0. The Kier molecular flexibility index (Phi) is 8.55. The molecule has 0 fully saturated rings. The van der Waals surface area contributed by atoms with Gasteiger partial charge in [-0.3, -0.25) is 0 Å². The van der Waals surface area contributed by atoms with E-state index in [1.54, 1.807) is 0 Å². The molecule has 6 rings (SSSR count). The maximum atomic E-state index is 10.4. The minimum atomic E-state index is -0.0502. The van der Waals surface area contributed by atoms with Gasteiger partial charge in [0.25, 0.3) is 0 Å². The van der Waals surface area contributed by atoms with E-state index in [2.05, 4.69) is 54.6 Å². The Bertz CT molecular complexity index is 1870. The van der Waals surface area contributed by atoms with E-state index in [0.29, 0.717) is 24.2 Å². The first-order valence-electron chi connectivity index (χ1n) is 15.0. The molecular formula is C40H36N2O2. The molecule has 0 atom stereocenters. The average molecular weight is 577 g/mol. The normalized spacial score (nSPS) is 11.0. The van der Waals surface area contributed by atoms with E-state index in [9.17, 15) is 10.2 Å². The highest BCUT2D eigenvalue weighted by atomic mass is 16.3. The van der Waals surface area contributed by atoms with Crippen molar-refractivity contribution >= 4 is 11.4 Å². The van der Waals surface area contributed by atoms with Gasteiger partial charge in [0.2, 0.25) is 0 Å². The molecule has 0 bridgehead atoms. The van der Waals surface area contributed by atoms with Crippen LogP contribution < -0.4 is 11.5 Å². The fraction of sp³-hybridized carbons (Fsp3) is 0.100. The molecule has 4 nitrogen and oxygen atoms in total. The number of hydrogen-bond acceptors (Lipinski definition) is 4. The Morgan fingerprint density at radius 1 is 0.386 bits per heavy atom. The van der Waals surface area contributed by atoms with Crippen molar-refractivity contribution in [2.24, 2.45) is 0 Å². The molecule has 218 valence electrons. The van der Waals surface area contributed by atoms with Crippen LogP contribution in [0.3, 0.4) is 0 Å². The van der Waals surface area contributed by atoms with Crippen LogP contribution >= 0.6 is 0 Å². The van der Waals surface area contributed by atoms with Crippen LogP contribution in [-0.4, -0.2) is 23.4 Å².